The second kappa shape index (κ2) is 9.13. The minimum atomic E-state index is 0.357. The quantitative estimate of drug-likeness (QED) is 0.556. The Labute approximate surface area is 94.1 Å². The van der Waals surface area contributed by atoms with Crippen molar-refractivity contribution in [2.24, 2.45) is 5.41 Å². The van der Waals surface area contributed by atoms with Gasteiger partial charge in [-0.15, -0.1) is 0 Å². The molecular formula is C12H26O3. The van der Waals surface area contributed by atoms with E-state index in [-0.39, 0.29) is 0 Å². The molecule has 0 aromatic rings. The van der Waals surface area contributed by atoms with Crippen LogP contribution in [0.15, 0.2) is 0 Å². The minimum Gasteiger partial charge on any atom is -0.379 e. The van der Waals surface area contributed by atoms with E-state index in [2.05, 4.69) is 20.8 Å². The van der Waals surface area contributed by atoms with E-state index < -0.39 is 0 Å². The van der Waals surface area contributed by atoms with Crippen molar-refractivity contribution in [3.8, 4) is 0 Å². The molecule has 15 heavy (non-hydrogen) atoms. The largest absolute Gasteiger partial charge is 0.379 e. The molecule has 0 unspecified atom stereocenters. The fraction of sp³-hybridized carbons (Fsp3) is 1.00. The van der Waals surface area contributed by atoms with Crippen molar-refractivity contribution in [3.63, 3.8) is 0 Å². The zero-order chi connectivity index (χ0) is 11.6. The molecular weight excluding hydrogens is 192 g/mol. The molecule has 0 spiro atoms. The third kappa shape index (κ3) is 13.9. The second-order valence-electron chi connectivity index (χ2n) is 4.73. The third-order valence-electron chi connectivity index (χ3n) is 1.94. The average molecular weight is 218 g/mol. The van der Waals surface area contributed by atoms with Crippen LogP contribution in [0.1, 0.15) is 34.1 Å². The summed E-state index contributed by atoms with van der Waals surface area (Å²) in [7, 11) is 0. The number of ether oxygens (including phenoxy) is 3. The zero-order valence-electron chi connectivity index (χ0n) is 10.7. The van der Waals surface area contributed by atoms with Crippen LogP contribution in [-0.2, 0) is 14.2 Å². The van der Waals surface area contributed by atoms with Crippen molar-refractivity contribution in [2.75, 3.05) is 39.6 Å². The van der Waals surface area contributed by atoms with Gasteiger partial charge in [0.2, 0.25) is 0 Å². The Morgan fingerprint density at radius 2 is 1.20 bits per heavy atom. The Hall–Kier alpha value is -0.120. The van der Waals surface area contributed by atoms with Gasteiger partial charge in [0.25, 0.3) is 0 Å². The van der Waals surface area contributed by atoms with Gasteiger partial charge in [-0.1, -0.05) is 20.8 Å². The lowest BCUT2D eigenvalue weighted by Gasteiger charge is -2.17. The summed E-state index contributed by atoms with van der Waals surface area (Å²) in [5, 5.41) is 0. The molecule has 0 radical (unpaired) electrons. The maximum absolute atomic E-state index is 5.45. The Bertz CT molecular complexity index is 129. The molecule has 0 aromatic heterocycles. The molecule has 0 aromatic carbocycles. The summed E-state index contributed by atoms with van der Waals surface area (Å²) in [5.41, 5.74) is 0.357. The Kier molecular flexibility index (Phi) is 9.06. The van der Waals surface area contributed by atoms with Crippen molar-refractivity contribution >= 4 is 0 Å². The standard InChI is InChI=1S/C12H26O3/c1-5-13-8-9-15-11-10-14-7-6-12(2,3)4/h5-11H2,1-4H3. The van der Waals surface area contributed by atoms with Crippen molar-refractivity contribution in [1.82, 2.24) is 0 Å². The molecule has 3 heteroatoms. The predicted molar refractivity (Wildman–Crippen MR) is 62.2 cm³/mol. The van der Waals surface area contributed by atoms with E-state index in [0.29, 0.717) is 31.8 Å². The molecule has 0 aliphatic heterocycles. The Morgan fingerprint density at radius 1 is 0.733 bits per heavy atom. The van der Waals surface area contributed by atoms with E-state index in [9.17, 15) is 0 Å². The van der Waals surface area contributed by atoms with Crippen LogP contribution in [0.5, 0.6) is 0 Å². The van der Waals surface area contributed by atoms with Crippen LogP contribution < -0.4 is 0 Å². The number of rotatable bonds is 9. The van der Waals surface area contributed by atoms with E-state index in [1.54, 1.807) is 0 Å². The van der Waals surface area contributed by atoms with E-state index in [1.807, 2.05) is 6.92 Å². The van der Waals surface area contributed by atoms with Crippen molar-refractivity contribution in [1.29, 1.82) is 0 Å². The van der Waals surface area contributed by atoms with Gasteiger partial charge in [-0.3, -0.25) is 0 Å². The Morgan fingerprint density at radius 3 is 1.67 bits per heavy atom. The van der Waals surface area contributed by atoms with Crippen LogP contribution in [0.4, 0.5) is 0 Å². The van der Waals surface area contributed by atoms with Gasteiger partial charge in [0.05, 0.1) is 26.4 Å². The van der Waals surface area contributed by atoms with Crippen LogP contribution in [0.2, 0.25) is 0 Å². The monoisotopic (exact) mass is 218 g/mol. The van der Waals surface area contributed by atoms with E-state index in [4.69, 9.17) is 14.2 Å². The summed E-state index contributed by atoms with van der Waals surface area (Å²) >= 11 is 0. The van der Waals surface area contributed by atoms with Crippen molar-refractivity contribution < 1.29 is 14.2 Å². The molecule has 0 saturated carbocycles. The first kappa shape index (κ1) is 14.9. The van der Waals surface area contributed by atoms with E-state index >= 15 is 0 Å². The highest BCUT2D eigenvalue weighted by atomic mass is 16.5. The fourth-order valence-corrected chi connectivity index (χ4v) is 0.963. The predicted octanol–water partition coefficient (Wildman–Crippen LogP) is 2.49. The first-order chi connectivity index (χ1) is 7.06. The molecule has 0 atom stereocenters. The molecule has 0 bridgehead atoms. The summed E-state index contributed by atoms with van der Waals surface area (Å²) in [6.07, 6.45) is 1.09. The molecule has 0 heterocycles. The molecule has 3 nitrogen and oxygen atoms in total. The molecule has 0 aliphatic carbocycles. The smallest absolute Gasteiger partial charge is 0.0701 e. The molecule has 0 aliphatic rings. The van der Waals surface area contributed by atoms with Gasteiger partial charge in [-0.05, 0) is 18.8 Å². The number of hydrogen-bond donors (Lipinski definition) is 0. The molecule has 0 N–H and O–H groups in total. The van der Waals surface area contributed by atoms with E-state index in [1.165, 1.54) is 0 Å². The highest BCUT2D eigenvalue weighted by molar-refractivity contribution is 4.59. The lowest BCUT2D eigenvalue weighted by molar-refractivity contribution is 0.0125. The first-order valence-electron chi connectivity index (χ1n) is 5.79. The summed E-state index contributed by atoms with van der Waals surface area (Å²) < 4.78 is 15.9. The van der Waals surface area contributed by atoms with E-state index in [0.717, 1.165) is 19.6 Å². The number of hydrogen-bond acceptors (Lipinski definition) is 3. The normalized spacial score (nSPS) is 12.0. The lowest BCUT2D eigenvalue weighted by atomic mass is 9.93. The lowest BCUT2D eigenvalue weighted by Crippen LogP contribution is -2.13. The molecule has 0 saturated heterocycles. The fourth-order valence-electron chi connectivity index (χ4n) is 0.963. The molecule has 0 fully saturated rings. The van der Waals surface area contributed by atoms with Gasteiger partial charge < -0.3 is 14.2 Å². The maximum Gasteiger partial charge on any atom is 0.0701 e. The van der Waals surface area contributed by atoms with Crippen LogP contribution in [-0.4, -0.2) is 39.6 Å². The van der Waals surface area contributed by atoms with Crippen LogP contribution >= 0.6 is 0 Å². The van der Waals surface area contributed by atoms with Crippen LogP contribution in [0.3, 0.4) is 0 Å². The third-order valence-corrected chi connectivity index (χ3v) is 1.94. The first-order valence-corrected chi connectivity index (χ1v) is 5.79. The maximum atomic E-state index is 5.45. The van der Waals surface area contributed by atoms with Crippen molar-refractivity contribution in [3.05, 3.63) is 0 Å². The van der Waals surface area contributed by atoms with Gasteiger partial charge in [-0.25, -0.2) is 0 Å². The summed E-state index contributed by atoms with van der Waals surface area (Å²) in [4.78, 5) is 0. The Balaban J connectivity index is 2.99. The van der Waals surface area contributed by atoms with Gasteiger partial charge in [-0.2, -0.15) is 0 Å². The second-order valence-corrected chi connectivity index (χ2v) is 4.73. The van der Waals surface area contributed by atoms with Crippen LogP contribution in [0.25, 0.3) is 0 Å². The van der Waals surface area contributed by atoms with Crippen molar-refractivity contribution in [2.45, 2.75) is 34.1 Å². The highest BCUT2D eigenvalue weighted by Gasteiger charge is 2.08. The SMILES string of the molecule is CCOCCOCCOCCC(C)(C)C. The molecule has 0 rings (SSSR count). The minimum absolute atomic E-state index is 0.357. The van der Waals surface area contributed by atoms with Gasteiger partial charge in [0, 0.05) is 13.2 Å². The van der Waals surface area contributed by atoms with Gasteiger partial charge in [0.1, 0.15) is 0 Å². The average Bonchev–Trinajstić information content (AvgIpc) is 2.14. The van der Waals surface area contributed by atoms with Gasteiger partial charge in [0.15, 0.2) is 0 Å². The summed E-state index contributed by atoms with van der Waals surface area (Å²) in [5.74, 6) is 0. The summed E-state index contributed by atoms with van der Waals surface area (Å²) in [6, 6.07) is 0. The van der Waals surface area contributed by atoms with Gasteiger partial charge >= 0.3 is 0 Å². The van der Waals surface area contributed by atoms with Crippen LogP contribution in [0, 0.1) is 5.41 Å². The zero-order valence-corrected chi connectivity index (χ0v) is 10.7. The molecule has 92 valence electrons. The topological polar surface area (TPSA) is 27.7 Å². The molecule has 0 amide bonds. The summed E-state index contributed by atoms with van der Waals surface area (Å²) in [6.45, 7) is 12.9. The highest BCUT2D eigenvalue weighted by Crippen LogP contribution is 2.17.